The number of aryl methyl sites for hydroxylation is 1. The fraction of sp³-hybridized carbons (Fsp3) is 0.273. The maximum atomic E-state index is 12.5. The minimum Gasteiger partial charge on any atom is -0.317 e. The van der Waals surface area contributed by atoms with Gasteiger partial charge in [-0.3, -0.25) is 4.79 Å². The van der Waals surface area contributed by atoms with E-state index >= 15 is 0 Å². The van der Waals surface area contributed by atoms with E-state index in [1.165, 1.54) is 11.1 Å². The van der Waals surface area contributed by atoms with Crippen molar-refractivity contribution in [2.24, 2.45) is 0 Å². The van der Waals surface area contributed by atoms with E-state index in [0.29, 0.717) is 5.92 Å². The van der Waals surface area contributed by atoms with E-state index in [9.17, 15) is 4.79 Å². The summed E-state index contributed by atoms with van der Waals surface area (Å²) in [4.78, 5) is 15.5. The summed E-state index contributed by atoms with van der Waals surface area (Å²) in [5, 5.41) is 9.28. The Hall–Kier alpha value is -2.63. The Bertz CT molecular complexity index is 1200. The van der Waals surface area contributed by atoms with Crippen molar-refractivity contribution in [3.63, 3.8) is 0 Å². The number of nitrogens with one attached hydrogen (secondary N) is 2. The summed E-state index contributed by atoms with van der Waals surface area (Å²) in [6.45, 7) is 4.07. The molecule has 0 spiro atoms. The van der Waals surface area contributed by atoms with Crippen molar-refractivity contribution < 1.29 is 0 Å². The zero-order valence-electron chi connectivity index (χ0n) is 15.7. The number of aromatic nitrogens is 3. The van der Waals surface area contributed by atoms with Gasteiger partial charge in [0.1, 0.15) is 5.65 Å². The second-order valence-corrected chi connectivity index (χ2v) is 7.36. The second kappa shape index (κ2) is 7.41. The second-order valence-electron chi connectivity index (χ2n) is 7.36. The largest absolute Gasteiger partial charge is 0.317 e. The fourth-order valence-corrected chi connectivity index (χ4v) is 4.29. The van der Waals surface area contributed by atoms with Gasteiger partial charge in [0.2, 0.25) is 0 Å². The SMILES string of the molecule is Cc1ccccc1-c1cccc2nn3c(C4CCNCC4)cc(=O)[nH]c3c12.Cl. The topological polar surface area (TPSA) is 62.2 Å². The zero-order valence-corrected chi connectivity index (χ0v) is 16.6. The van der Waals surface area contributed by atoms with E-state index in [-0.39, 0.29) is 18.0 Å². The monoisotopic (exact) mass is 394 g/mol. The summed E-state index contributed by atoms with van der Waals surface area (Å²) in [7, 11) is 0. The van der Waals surface area contributed by atoms with Crippen LogP contribution >= 0.6 is 12.4 Å². The average Bonchev–Trinajstić information content (AvgIpc) is 3.07. The maximum absolute atomic E-state index is 12.5. The van der Waals surface area contributed by atoms with Gasteiger partial charge in [0.15, 0.2) is 0 Å². The minimum absolute atomic E-state index is 0. The third kappa shape index (κ3) is 3.01. The highest BCUT2D eigenvalue weighted by Gasteiger charge is 2.21. The van der Waals surface area contributed by atoms with Crippen LogP contribution in [0, 0.1) is 6.92 Å². The number of piperidine rings is 1. The standard InChI is InChI=1S/C22H22N4O.ClH/c1-14-5-2-3-6-16(14)17-7-4-8-18-21(17)22-24-20(27)13-19(26(22)25-18)15-9-11-23-12-10-15;/h2-8,13,15,23H,9-12H2,1H3,(H,24,27);1H. The van der Waals surface area contributed by atoms with Crippen LogP contribution in [0.25, 0.3) is 27.7 Å². The molecule has 4 aromatic rings. The first-order chi connectivity index (χ1) is 13.2. The molecule has 1 saturated heterocycles. The molecule has 2 aromatic heterocycles. The molecule has 144 valence electrons. The van der Waals surface area contributed by atoms with Gasteiger partial charge in [-0.1, -0.05) is 36.4 Å². The molecule has 1 aliphatic rings. The molecule has 2 N–H and O–H groups in total. The summed E-state index contributed by atoms with van der Waals surface area (Å²) in [5.41, 5.74) is 6.16. The van der Waals surface area contributed by atoms with Crippen LogP contribution in [-0.2, 0) is 0 Å². The van der Waals surface area contributed by atoms with Gasteiger partial charge in [-0.2, -0.15) is 5.10 Å². The molecule has 0 radical (unpaired) electrons. The first-order valence-corrected chi connectivity index (χ1v) is 9.54. The van der Waals surface area contributed by atoms with E-state index in [0.717, 1.165) is 53.7 Å². The molecule has 0 amide bonds. The number of fused-ring (bicyclic) bond motifs is 3. The van der Waals surface area contributed by atoms with Crippen LogP contribution in [0.4, 0.5) is 0 Å². The van der Waals surface area contributed by atoms with Crippen LogP contribution in [0.1, 0.15) is 30.0 Å². The van der Waals surface area contributed by atoms with Gasteiger partial charge in [-0.25, -0.2) is 4.52 Å². The molecule has 0 saturated carbocycles. The first-order valence-electron chi connectivity index (χ1n) is 9.54. The molecule has 1 aliphatic heterocycles. The quantitative estimate of drug-likeness (QED) is 0.539. The van der Waals surface area contributed by atoms with Crippen LogP contribution < -0.4 is 10.9 Å². The number of halogens is 1. The molecule has 6 heteroatoms. The van der Waals surface area contributed by atoms with Crippen LogP contribution in [0.2, 0.25) is 0 Å². The van der Waals surface area contributed by atoms with Crippen molar-refractivity contribution in [2.75, 3.05) is 13.1 Å². The third-order valence-electron chi connectivity index (χ3n) is 5.66. The zero-order chi connectivity index (χ0) is 18.4. The molecule has 5 nitrogen and oxygen atoms in total. The number of nitrogens with zero attached hydrogens (tertiary/aromatic N) is 2. The Morgan fingerprint density at radius 1 is 1.04 bits per heavy atom. The predicted octanol–water partition coefficient (Wildman–Crippen LogP) is 4.04. The molecule has 0 atom stereocenters. The number of hydrogen-bond acceptors (Lipinski definition) is 3. The number of aromatic amines is 1. The Morgan fingerprint density at radius 2 is 1.79 bits per heavy atom. The Kier molecular flexibility index (Phi) is 4.96. The summed E-state index contributed by atoms with van der Waals surface area (Å²) in [6, 6.07) is 16.2. The van der Waals surface area contributed by atoms with Gasteiger partial charge in [0, 0.05) is 12.0 Å². The van der Waals surface area contributed by atoms with Crippen LogP contribution in [0.15, 0.2) is 53.3 Å². The first kappa shape index (κ1) is 18.7. The fourth-order valence-electron chi connectivity index (χ4n) is 4.29. The summed E-state index contributed by atoms with van der Waals surface area (Å²) < 4.78 is 1.96. The molecule has 2 aromatic carbocycles. The average molecular weight is 395 g/mol. The lowest BCUT2D eigenvalue weighted by molar-refractivity contribution is 0.446. The van der Waals surface area contributed by atoms with Gasteiger partial charge >= 0.3 is 0 Å². The predicted molar refractivity (Wildman–Crippen MR) is 116 cm³/mol. The van der Waals surface area contributed by atoms with E-state index in [4.69, 9.17) is 5.10 Å². The molecule has 1 fully saturated rings. The number of benzene rings is 2. The molecule has 28 heavy (non-hydrogen) atoms. The molecule has 3 heterocycles. The third-order valence-corrected chi connectivity index (χ3v) is 5.66. The van der Waals surface area contributed by atoms with E-state index in [2.05, 4.69) is 41.5 Å². The van der Waals surface area contributed by atoms with Crippen molar-refractivity contribution in [1.29, 1.82) is 0 Å². The normalized spacial score (nSPS) is 15.0. The smallest absolute Gasteiger partial charge is 0.251 e. The Balaban J connectivity index is 0.00000192. The number of H-pyrrole nitrogens is 1. The minimum atomic E-state index is -0.0579. The van der Waals surface area contributed by atoms with E-state index < -0.39 is 0 Å². The van der Waals surface area contributed by atoms with Gasteiger partial charge in [0.05, 0.1) is 16.6 Å². The highest BCUT2D eigenvalue weighted by molar-refractivity contribution is 6.04. The van der Waals surface area contributed by atoms with E-state index in [1.54, 1.807) is 6.07 Å². The van der Waals surface area contributed by atoms with Crippen LogP contribution in [0.5, 0.6) is 0 Å². The summed E-state index contributed by atoms with van der Waals surface area (Å²) >= 11 is 0. The van der Waals surface area contributed by atoms with Crippen LogP contribution in [-0.4, -0.2) is 27.7 Å². The summed E-state index contributed by atoms with van der Waals surface area (Å²) in [5.74, 6) is 0.354. The molecule has 0 unspecified atom stereocenters. The van der Waals surface area contributed by atoms with Gasteiger partial charge in [-0.05, 0) is 55.6 Å². The van der Waals surface area contributed by atoms with Crippen molar-refractivity contribution in [3.05, 3.63) is 70.1 Å². The molecule has 0 aliphatic carbocycles. The highest BCUT2D eigenvalue weighted by Crippen LogP contribution is 2.34. The molecule has 5 rings (SSSR count). The summed E-state index contributed by atoms with van der Waals surface area (Å²) in [6.07, 6.45) is 2.05. The van der Waals surface area contributed by atoms with Crippen molar-refractivity contribution in [1.82, 2.24) is 19.9 Å². The lowest BCUT2D eigenvalue weighted by atomic mass is 9.94. The Labute approximate surface area is 169 Å². The number of rotatable bonds is 2. The van der Waals surface area contributed by atoms with Crippen molar-refractivity contribution in [2.45, 2.75) is 25.7 Å². The van der Waals surface area contributed by atoms with E-state index in [1.807, 2.05) is 22.7 Å². The lowest BCUT2D eigenvalue weighted by Crippen LogP contribution is -2.28. The molecule has 0 bridgehead atoms. The highest BCUT2D eigenvalue weighted by atomic mass is 35.5. The Morgan fingerprint density at radius 3 is 2.57 bits per heavy atom. The molecular formula is C22H23ClN4O. The van der Waals surface area contributed by atoms with Gasteiger partial charge in [0.25, 0.3) is 5.56 Å². The van der Waals surface area contributed by atoms with Crippen molar-refractivity contribution in [3.8, 4) is 11.1 Å². The van der Waals surface area contributed by atoms with Gasteiger partial charge < -0.3 is 10.3 Å². The maximum Gasteiger partial charge on any atom is 0.251 e. The molecular weight excluding hydrogens is 372 g/mol. The van der Waals surface area contributed by atoms with Gasteiger partial charge in [-0.15, -0.1) is 12.4 Å². The lowest BCUT2D eigenvalue weighted by Gasteiger charge is -2.23. The van der Waals surface area contributed by atoms with Crippen LogP contribution in [0.3, 0.4) is 0 Å². The van der Waals surface area contributed by atoms with Crippen molar-refractivity contribution >= 4 is 29.0 Å². The number of hydrogen-bond donors (Lipinski definition) is 2.